The molecule has 2 aliphatic rings. The van der Waals surface area contributed by atoms with Crippen molar-refractivity contribution in [3.63, 3.8) is 0 Å². The number of anilines is 1. The lowest BCUT2D eigenvalue weighted by molar-refractivity contribution is 0.0899. The highest BCUT2D eigenvalue weighted by molar-refractivity contribution is 6.31. The van der Waals surface area contributed by atoms with Gasteiger partial charge in [0.05, 0.1) is 16.8 Å². The van der Waals surface area contributed by atoms with Gasteiger partial charge in [-0.2, -0.15) is 5.26 Å². The number of hydrogen-bond donors (Lipinski definition) is 0. The van der Waals surface area contributed by atoms with E-state index in [2.05, 4.69) is 16.0 Å². The molecular weight excluding hydrogens is 414 g/mol. The summed E-state index contributed by atoms with van der Waals surface area (Å²) in [6.07, 6.45) is 3.03. The second kappa shape index (κ2) is 8.09. The quantitative estimate of drug-likeness (QED) is 0.560. The summed E-state index contributed by atoms with van der Waals surface area (Å²) >= 11 is 6.22. The highest BCUT2D eigenvalue weighted by Crippen LogP contribution is 2.36. The van der Waals surface area contributed by atoms with Crippen molar-refractivity contribution in [3.8, 4) is 17.6 Å². The van der Waals surface area contributed by atoms with Crippen LogP contribution >= 0.6 is 11.6 Å². The average molecular weight is 434 g/mol. The molecule has 156 valence electrons. The smallest absolute Gasteiger partial charge is 0.166 e. The maximum absolute atomic E-state index is 13.1. The summed E-state index contributed by atoms with van der Waals surface area (Å²) in [6.45, 7) is 2.38. The van der Waals surface area contributed by atoms with Crippen molar-refractivity contribution in [2.45, 2.75) is 12.8 Å². The molecule has 6 nitrogen and oxygen atoms in total. The van der Waals surface area contributed by atoms with Gasteiger partial charge in [-0.1, -0.05) is 11.6 Å². The second-order valence-electron chi connectivity index (χ2n) is 7.78. The predicted molar refractivity (Wildman–Crippen MR) is 118 cm³/mol. The summed E-state index contributed by atoms with van der Waals surface area (Å²) in [4.78, 5) is 19.7. The molecule has 3 aromatic rings. The van der Waals surface area contributed by atoms with Gasteiger partial charge in [0.1, 0.15) is 19.3 Å². The molecule has 0 N–H and O–H groups in total. The Morgan fingerprint density at radius 2 is 1.87 bits per heavy atom. The van der Waals surface area contributed by atoms with Gasteiger partial charge in [-0.25, -0.2) is 0 Å². The molecule has 2 aromatic carbocycles. The molecule has 0 aliphatic carbocycles. The summed E-state index contributed by atoms with van der Waals surface area (Å²) in [5, 5.41) is 11.1. The number of carbonyl (C=O) groups is 1. The summed E-state index contributed by atoms with van der Waals surface area (Å²) < 4.78 is 11.2. The lowest BCUT2D eigenvalue weighted by atomic mass is 9.88. The zero-order chi connectivity index (χ0) is 21.4. The molecule has 0 saturated carbocycles. The van der Waals surface area contributed by atoms with Crippen molar-refractivity contribution in [1.29, 1.82) is 5.26 Å². The number of hydrogen-bond acceptors (Lipinski definition) is 6. The topological polar surface area (TPSA) is 75.5 Å². The van der Waals surface area contributed by atoms with Crippen molar-refractivity contribution in [1.82, 2.24) is 4.98 Å². The molecule has 31 heavy (non-hydrogen) atoms. The molecule has 3 heterocycles. The van der Waals surface area contributed by atoms with E-state index in [9.17, 15) is 10.1 Å². The van der Waals surface area contributed by atoms with Crippen LogP contribution < -0.4 is 14.4 Å². The van der Waals surface area contributed by atoms with Gasteiger partial charge >= 0.3 is 0 Å². The minimum atomic E-state index is -0.0685. The summed E-state index contributed by atoms with van der Waals surface area (Å²) in [5.74, 6) is 1.37. The highest BCUT2D eigenvalue weighted by atomic mass is 35.5. The van der Waals surface area contributed by atoms with Gasteiger partial charge < -0.3 is 14.4 Å². The zero-order valence-electron chi connectivity index (χ0n) is 16.8. The van der Waals surface area contributed by atoms with Crippen LogP contribution in [-0.4, -0.2) is 37.1 Å². The van der Waals surface area contributed by atoms with Crippen LogP contribution in [0.5, 0.6) is 11.5 Å². The first-order chi connectivity index (χ1) is 15.1. The highest BCUT2D eigenvalue weighted by Gasteiger charge is 2.28. The first kappa shape index (κ1) is 19.7. The summed E-state index contributed by atoms with van der Waals surface area (Å²) in [5.41, 5.74) is 2.82. The monoisotopic (exact) mass is 433 g/mol. The lowest BCUT2D eigenvalue weighted by Crippen LogP contribution is -2.37. The largest absolute Gasteiger partial charge is 0.486 e. The molecule has 0 bridgehead atoms. The average Bonchev–Trinajstić information content (AvgIpc) is 2.82. The van der Waals surface area contributed by atoms with Crippen LogP contribution in [0.3, 0.4) is 0 Å². The Bertz CT molecular complexity index is 1210. The van der Waals surface area contributed by atoms with Crippen molar-refractivity contribution in [2.75, 3.05) is 31.2 Å². The Hall–Kier alpha value is -3.30. The molecule has 0 radical (unpaired) electrons. The minimum absolute atomic E-state index is 0.0685. The van der Waals surface area contributed by atoms with Crippen molar-refractivity contribution in [3.05, 3.63) is 58.7 Å². The fourth-order valence-electron chi connectivity index (χ4n) is 4.37. The molecule has 0 spiro atoms. The van der Waals surface area contributed by atoms with Gasteiger partial charge in [-0.05, 0) is 49.2 Å². The van der Waals surface area contributed by atoms with Crippen LogP contribution in [0, 0.1) is 17.2 Å². The van der Waals surface area contributed by atoms with Gasteiger partial charge in [-0.3, -0.25) is 9.78 Å². The number of rotatable bonds is 3. The standard InChI is InChI=1S/C24H20ClN3O3/c25-18-2-3-20-19(12-18)23(17(13-26)14-27-20)28-7-5-15(6-8-28)24(29)16-1-4-21-22(11-16)31-10-9-30-21/h1-4,11-12,14-15H,5-10H2. The van der Waals surface area contributed by atoms with E-state index < -0.39 is 0 Å². The van der Waals surface area contributed by atoms with Gasteiger partial charge in [0.2, 0.25) is 0 Å². The number of ketones is 1. The Morgan fingerprint density at radius 1 is 1.10 bits per heavy atom. The summed E-state index contributed by atoms with van der Waals surface area (Å²) in [7, 11) is 0. The fraction of sp³-hybridized carbons (Fsp3) is 0.292. The number of nitrogens with zero attached hydrogens (tertiary/aromatic N) is 3. The normalized spacial score (nSPS) is 16.2. The molecule has 0 atom stereocenters. The van der Waals surface area contributed by atoms with E-state index in [1.54, 1.807) is 18.3 Å². The van der Waals surface area contributed by atoms with Crippen LogP contribution in [0.15, 0.2) is 42.6 Å². The molecule has 1 fully saturated rings. The maximum Gasteiger partial charge on any atom is 0.166 e. The molecule has 1 aromatic heterocycles. The van der Waals surface area contributed by atoms with E-state index >= 15 is 0 Å². The molecule has 5 rings (SSSR count). The second-order valence-corrected chi connectivity index (χ2v) is 8.21. The number of ether oxygens (including phenoxy) is 2. The van der Waals surface area contributed by atoms with Crippen molar-refractivity contribution >= 4 is 34.0 Å². The van der Waals surface area contributed by atoms with Gasteiger partial charge in [0, 0.05) is 41.2 Å². The molecule has 1 saturated heterocycles. The maximum atomic E-state index is 13.1. The number of benzene rings is 2. The fourth-order valence-corrected chi connectivity index (χ4v) is 4.54. The minimum Gasteiger partial charge on any atom is -0.486 e. The van der Waals surface area contributed by atoms with E-state index in [0.717, 1.165) is 16.6 Å². The third-order valence-electron chi connectivity index (χ3n) is 5.93. The molecule has 7 heteroatoms. The molecule has 0 amide bonds. The van der Waals surface area contributed by atoms with E-state index in [-0.39, 0.29) is 11.7 Å². The Labute approximate surface area is 185 Å². The zero-order valence-corrected chi connectivity index (χ0v) is 17.6. The van der Waals surface area contributed by atoms with Crippen LogP contribution in [0.1, 0.15) is 28.8 Å². The van der Waals surface area contributed by atoms with Crippen molar-refractivity contribution < 1.29 is 14.3 Å². The van der Waals surface area contributed by atoms with Crippen molar-refractivity contribution in [2.24, 2.45) is 5.92 Å². The van der Waals surface area contributed by atoms with Crippen LogP contribution in [0.2, 0.25) is 5.02 Å². The third kappa shape index (κ3) is 3.66. The Morgan fingerprint density at radius 3 is 2.65 bits per heavy atom. The summed E-state index contributed by atoms with van der Waals surface area (Å²) in [6, 6.07) is 13.2. The van der Waals surface area contributed by atoms with Crippen LogP contribution in [0.4, 0.5) is 5.69 Å². The van der Waals surface area contributed by atoms with E-state index in [1.807, 2.05) is 24.3 Å². The first-order valence-electron chi connectivity index (χ1n) is 10.3. The number of Topliss-reactive ketones (excluding diaryl/α,β-unsaturated/α-hetero) is 1. The third-order valence-corrected chi connectivity index (χ3v) is 6.17. The predicted octanol–water partition coefficient (Wildman–Crippen LogP) is 4.63. The lowest BCUT2D eigenvalue weighted by Gasteiger charge is -2.34. The van der Waals surface area contributed by atoms with Gasteiger partial charge in [0.25, 0.3) is 0 Å². The molecule has 0 unspecified atom stereocenters. The number of nitriles is 1. The van der Waals surface area contributed by atoms with E-state index in [4.69, 9.17) is 21.1 Å². The van der Waals surface area contributed by atoms with E-state index in [1.165, 1.54) is 0 Å². The molecule has 2 aliphatic heterocycles. The number of halogens is 1. The first-order valence-corrected chi connectivity index (χ1v) is 10.7. The Kier molecular flexibility index (Phi) is 5.13. The Balaban J connectivity index is 1.37. The number of aromatic nitrogens is 1. The number of piperidine rings is 1. The van der Waals surface area contributed by atoms with Crippen LogP contribution in [-0.2, 0) is 0 Å². The number of fused-ring (bicyclic) bond motifs is 2. The SMILES string of the molecule is N#Cc1cnc2ccc(Cl)cc2c1N1CCC(C(=O)c2ccc3c(c2)OCCO3)CC1. The molecular formula is C24H20ClN3O3. The number of pyridine rings is 1. The number of carbonyl (C=O) groups excluding carboxylic acids is 1. The van der Waals surface area contributed by atoms with Crippen LogP contribution in [0.25, 0.3) is 10.9 Å². The van der Waals surface area contributed by atoms with Gasteiger partial charge in [0.15, 0.2) is 17.3 Å². The van der Waals surface area contributed by atoms with E-state index in [0.29, 0.717) is 66.8 Å². The van der Waals surface area contributed by atoms with Gasteiger partial charge in [-0.15, -0.1) is 0 Å².